The number of fused-ring (bicyclic) bond motifs is 3. The maximum absolute atomic E-state index is 13.1. The van der Waals surface area contributed by atoms with Crippen LogP contribution in [0.3, 0.4) is 0 Å². The Labute approximate surface area is 146 Å². The van der Waals surface area contributed by atoms with Crippen LogP contribution in [-0.2, 0) is 19.5 Å². The molecule has 1 aliphatic rings. The lowest BCUT2D eigenvalue weighted by atomic mass is 10.0. The number of carbonyl (C=O) groups is 1. The van der Waals surface area contributed by atoms with E-state index in [4.69, 9.17) is 0 Å². The molecule has 0 saturated heterocycles. The molecule has 2 heterocycles. The summed E-state index contributed by atoms with van der Waals surface area (Å²) in [5.41, 5.74) is 5.49. The SMILES string of the molecule is Cc1ccc2c(c1)c1c(n2CC(=O)c2ccc(F)cc2)CN(C)CC1. The van der Waals surface area contributed by atoms with E-state index < -0.39 is 0 Å². The Morgan fingerprint density at radius 3 is 2.68 bits per heavy atom. The third-order valence-electron chi connectivity index (χ3n) is 5.07. The molecule has 1 aromatic heterocycles. The number of rotatable bonds is 3. The van der Waals surface area contributed by atoms with Crippen LogP contribution in [0.4, 0.5) is 4.39 Å². The van der Waals surface area contributed by atoms with Gasteiger partial charge in [-0.05, 0) is 62.4 Å². The van der Waals surface area contributed by atoms with Crippen molar-refractivity contribution in [1.29, 1.82) is 0 Å². The molecule has 3 nitrogen and oxygen atoms in total. The zero-order chi connectivity index (χ0) is 17.6. The van der Waals surface area contributed by atoms with E-state index in [1.54, 1.807) is 12.1 Å². The molecule has 1 aliphatic heterocycles. The second-order valence-corrected chi connectivity index (χ2v) is 6.95. The van der Waals surface area contributed by atoms with Gasteiger partial charge in [-0.1, -0.05) is 11.6 Å². The van der Waals surface area contributed by atoms with Gasteiger partial charge < -0.3 is 9.47 Å². The highest BCUT2D eigenvalue weighted by molar-refractivity contribution is 5.97. The average Bonchev–Trinajstić information content (AvgIpc) is 2.88. The molecule has 25 heavy (non-hydrogen) atoms. The van der Waals surface area contributed by atoms with Crippen molar-refractivity contribution in [2.24, 2.45) is 0 Å². The molecule has 0 spiro atoms. The summed E-state index contributed by atoms with van der Waals surface area (Å²) in [4.78, 5) is 15.0. The van der Waals surface area contributed by atoms with Gasteiger partial charge in [0.25, 0.3) is 0 Å². The summed E-state index contributed by atoms with van der Waals surface area (Å²) in [5, 5.41) is 1.26. The zero-order valence-electron chi connectivity index (χ0n) is 14.6. The van der Waals surface area contributed by atoms with E-state index in [9.17, 15) is 9.18 Å². The fraction of sp³-hybridized carbons (Fsp3) is 0.286. The van der Waals surface area contributed by atoms with Crippen molar-refractivity contribution in [3.8, 4) is 0 Å². The molecule has 3 aromatic rings. The van der Waals surface area contributed by atoms with Gasteiger partial charge in [0, 0.05) is 35.2 Å². The van der Waals surface area contributed by atoms with Gasteiger partial charge in [-0.25, -0.2) is 4.39 Å². The Hall–Kier alpha value is -2.46. The van der Waals surface area contributed by atoms with E-state index in [0.717, 1.165) is 25.0 Å². The highest BCUT2D eigenvalue weighted by atomic mass is 19.1. The molecule has 4 rings (SSSR count). The highest BCUT2D eigenvalue weighted by Gasteiger charge is 2.23. The van der Waals surface area contributed by atoms with Crippen molar-refractivity contribution in [2.75, 3.05) is 13.6 Å². The summed E-state index contributed by atoms with van der Waals surface area (Å²) in [6, 6.07) is 12.2. The van der Waals surface area contributed by atoms with Crippen LogP contribution < -0.4 is 0 Å². The smallest absolute Gasteiger partial charge is 0.182 e. The van der Waals surface area contributed by atoms with E-state index >= 15 is 0 Å². The summed E-state index contributed by atoms with van der Waals surface area (Å²) in [6.45, 7) is 4.27. The van der Waals surface area contributed by atoms with Crippen LogP contribution in [0, 0.1) is 12.7 Å². The van der Waals surface area contributed by atoms with E-state index in [1.807, 2.05) is 0 Å². The first kappa shape index (κ1) is 16.0. The van der Waals surface area contributed by atoms with Crippen LogP contribution in [0.1, 0.15) is 27.2 Å². The molecule has 4 heteroatoms. The fourth-order valence-electron chi connectivity index (χ4n) is 3.74. The van der Waals surface area contributed by atoms with Gasteiger partial charge in [-0.3, -0.25) is 4.79 Å². The summed E-state index contributed by atoms with van der Waals surface area (Å²) in [5.74, 6) is -0.314. The van der Waals surface area contributed by atoms with Gasteiger partial charge in [0.1, 0.15) is 5.82 Å². The van der Waals surface area contributed by atoms with Gasteiger partial charge in [0.05, 0.1) is 6.54 Å². The van der Waals surface area contributed by atoms with Crippen molar-refractivity contribution in [1.82, 2.24) is 9.47 Å². The van der Waals surface area contributed by atoms with Gasteiger partial charge in [0.15, 0.2) is 5.78 Å². The number of aromatic nitrogens is 1. The topological polar surface area (TPSA) is 25.2 Å². The standard InChI is InChI=1S/C21H21FN2O/c1-14-3-8-19-18(11-14)17-9-10-23(2)12-20(17)24(19)13-21(25)15-4-6-16(22)7-5-15/h3-8,11H,9-10,12-13H2,1-2H3. The van der Waals surface area contributed by atoms with Crippen LogP contribution in [0.25, 0.3) is 10.9 Å². The van der Waals surface area contributed by atoms with E-state index in [2.05, 4.69) is 41.6 Å². The Balaban J connectivity index is 1.79. The van der Waals surface area contributed by atoms with E-state index in [0.29, 0.717) is 5.56 Å². The van der Waals surface area contributed by atoms with E-state index in [-0.39, 0.29) is 18.1 Å². The number of Topliss-reactive ketones (excluding diaryl/α,β-unsaturated/α-hetero) is 1. The average molecular weight is 336 g/mol. The van der Waals surface area contributed by atoms with Crippen LogP contribution in [0.5, 0.6) is 0 Å². The number of aryl methyl sites for hydroxylation is 1. The van der Waals surface area contributed by atoms with Crippen LogP contribution >= 0.6 is 0 Å². The first-order valence-corrected chi connectivity index (χ1v) is 8.61. The number of halogens is 1. The van der Waals surface area contributed by atoms with Crippen LogP contribution in [0.15, 0.2) is 42.5 Å². The zero-order valence-corrected chi connectivity index (χ0v) is 14.6. The molecule has 0 fully saturated rings. The van der Waals surface area contributed by atoms with Crippen molar-refractivity contribution in [3.05, 3.63) is 70.7 Å². The number of benzene rings is 2. The molecule has 0 N–H and O–H groups in total. The van der Waals surface area contributed by atoms with Crippen LogP contribution in [-0.4, -0.2) is 28.8 Å². The maximum atomic E-state index is 13.1. The number of hydrogen-bond acceptors (Lipinski definition) is 2. The molecule has 0 unspecified atom stereocenters. The number of likely N-dealkylation sites (N-methyl/N-ethyl adjacent to an activating group) is 1. The van der Waals surface area contributed by atoms with Crippen molar-refractivity contribution in [3.63, 3.8) is 0 Å². The maximum Gasteiger partial charge on any atom is 0.182 e. The van der Waals surface area contributed by atoms with E-state index in [1.165, 1.54) is 34.3 Å². The molecule has 0 saturated carbocycles. The Morgan fingerprint density at radius 1 is 1.16 bits per heavy atom. The molecule has 0 aliphatic carbocycles. The second-order valence-electron chi connectivity index (χ2n) is 6.95. The molecule has 0 radical (unpaired) electrons. The lowest BCUT2D eigenvalue weighted by Crippen LogP contribution is -2.28. The lowest BCUT2D eigenvalue weighted by Gasteiger charge is -2.24. The molecule has 0 atom stereocenters. The molecule has 0 bridgehead atoms. The first-order valence-electron chi connectivity index (χ1n) is 8.61. The quantitative estimate of drug-likeness (QED) is 0.677. The largest absolute Gasteiger partial charge is 0.335 e. The summed E-state index contributed by atoms with van der Waals surface area (Å²) >= 11 is 0. The minimum atomic E-state index is -0.322. The number of carbonyl (C=O) groups excluding carboxylic acids is 1. The van der Waals surface area contributed by atoms with Crippen molar-refractivity contribution >= 4 is 16.7 Å². The molecular formula is C21H21FN2O. The van der Waals surface area contributed by atoms with Gasteiger partial charge in [-0.2, -0.15) is 0 Å². The predicted molar refractivity (Wildman–Crippen MR) is 97.4 cm³/mol. The van der Waals surface area contributed by atoms with Crippen molar-refractivity contribution in [2.45, 2.75) is 26.4 Å². The number of nitrogens with zero attached hydrogens (tertiary/aromatic N) is 2. The molecule has 128 valence electrons. The minimum Gasteiger partial charge on any atom is -0.335 e. The molecular weight excluding hydrogens is 315 g/mol. The Bertz CT molecular complexity index is 956. The number of ketones is 1. The number of hydrogen-bond donors (Lipinski definition) is 0. The third-order valence-corrected chi connectivity index (χ3v) is 5.07. The fourth-order valence-corrected chi connectivity index (χ4v) is 3.74. The molecule has 2 aromatic carbocycles. The second kappa shape index (κ2) is 6.12. The predicted octanol–water partition coefficient (Wildman–Crippen LogP) is 3.96. The minimum absolute atomic E-state index is 0.00787. The van der Waals surface area contributed by atoms with Crippen molar-refractivity contribution < 1.29 is 9.18 Å². The van der Waals surface area contributed by atoms with Crippen LogP contribution in [0.2, 0.25) is 0 Å². The highest BCUT2D eigenvalue weighted by Crippen LogP contribution is 2.31. The Morgan fingerprint density at radius 2 is 1.92 bits per heavy atom. The summed E-state index contributed by atoms with van der Waals surface area (Å²) in [6.07, 6.45) is 1.00. The van der Waals surface area contributed by atoms with Gasteiger partial charge in [-0.15, -0.1) is 0 Å². The molecule has 0 amide bonds. The summed E-state index contributed by atoms with van der Waals surface area (Å²) in [7, 11) is 2.11. The summed E-state index contributed by atoms with van der Waals surface area (Å²) < 4.78 is 15.3. The Kier molecular flexibility index (Phi) is 3.92. The monoisotopic (exact) mass is 336 g/mol. The first-order chi connectivity index (χ1) is 12.0. The lowest BCUT2D eigenvalue weighted by molar-refractivity contribution is 0.0971. The normalized spacial score (nSPS) is 14.7. The van der Waals surface area contributed by atoms with Gasteiger partial charge in [0.2, 0.25) is 0 Å². The third kappa shape index (κ3) is 2.87. The van der Waals surface area contributed by atoms with Gasteiger partial charge >= 0.3 is 0 Å².